The number of urea groups is 1. The minimum absolute atomic E-state index is 0.226. The molecule has 0 aliphatic heterocycles. The van der Waals surface area contributed by atoms with Crippen molar-refractivity contribution < 1.29 is 14.7 Å². The van der Waals surface area contributed by atoms with Crippen molar-refractivity contribution in [2.45, 2.75) is 13.3 Å². The highest BCUT2D eigenvalue weighted by Gasteiger charge is 2.17. The molecule has 0 fully saturated rings. The maximum atomic E-state index is 12.0. The number of hydrogen-bond acceptors (Lipinski definition) is 2. The maximum absolute atomic E-state index is 12.0. The maximum Gasteiger partial charge on any atom is 0.323 e. The highest BCUT2D eigenvalue weighted by molar-refractivity contribution is 6.43. The molecule has 0 bridgehead atoms. The molecule has 1 rings (SSSR count). The second-order valence-corrected chi connectivity index (χ2v) is 4.63. The smallest absolute Gasteiger partial charge is 0.323 e. The van der Waals surface area contributed by atoms with Crippen LogP contribution >= 0.6 is 23.2 Å². The molecule has 5 nitrogen and oxygen atoms in total. The monoisotopic (exact) mass is 304 g/mol. The van der Waals surface area contributed by atoms with Gasteiger partial charge in [-0.15, -0.1) is 0 Å². The van der Waals surface area contributed by atoms with Gasteiger partial charge in [-0.25, -0.2) is 4.79 Å². The van der Waals surface area contributed by atoms with E-state index in [-0.39, 0.29) is 11.6 Å². The summed E-state index contributed by atoms with van der Waals surface area (Å²) in [6, 6.07) is 4.32. The van der Waals surface area contributed by atoms with Gasteiger partial charge >= 0.3 is 12.0 Å². The number of carbonyl (C=O) groups is 2. The third kappa shape index (κ3) is 4.61. The highest BCUT2D eigenvalue weighted by Crippen LogP contribution is 2.29. The third-order valence-electron chi connectivity index (χ3n) is 2.30. The van der Waals surface area contributed by atoms with E-state index in [1.807, 2.05) is 6.92 Å². The number of halogens is 2. The summed E-state index contributed by atoms with van der Waals surface area (Å²) in [5.41, 5.74) is 0.352. The molecule has 0 atom stereocenters. The van der Waals surface area contributed by atoms with Crippen molar-refractivity contribution in [3.05, 3.63) is 28.2 Å². The normalized spacial score (nSPS) is 10.1. The number of carbonyl (C=O) groups excluding carboxylic acids is 1. The zero-order valence-corrected chi connectivity index (χ0v) is 11.8. The van der Waals surface area contributed by atoms with Crippen LogP contribution in [-0.2, 0) is 4.79 Å². The summed E-state index contributed by atoms with van der Waals surface area (Å²) in [6.07, 6.45) is 0.657. The van der Waals surface area contributed by atoms with E-state index in [0.717, 1.165) is 0 Å². The molecule has 104 valence electrons. The standard InChI is InChI=1S/C12H14Cl2N2O3/c1-2-6-16(7-10(17)18)12(19)15-9-5-3-4-8(13)11(9)14/h3-5H,2,6-7H2,1H3,(H,15,19)(H,17,18). The number of nitrogens with zero attached hydrogens (tertiary/aromatic N) is 1. The molecular formula is C12H14Cl2N2O3. The van der Waals surface area contributed by atoms with E-state index in [1.165, 1.54) is 4.90 Å². The Hall–Kier alpha value is -1.46. The fraction of sp³-hybridized carbons (Fsp3) is 0.333. The van der Waals surface area contributed by atoms with Crippen molar-refractivity contribution in [3.63, 3.8) is 0 Å². The van der Waals surface area contributed by atoms with Gasteiger partial charge in [0.1, 0.15) is 6.54 Å². The Balaban J connectivity index is 2.81. The summed E-state index contributed by atoms with van der Waals surface area (Å²) < 4.78 is 0. The van der Waals surface area contributed by atoms with Crippen molar-refractivity contribution >= 4 is 40.9 Å². The van der Waals surface area contributed by atoms with Crippen LogP contribution in [0.5, 0.6) is 0 Å². The fourth-order valence-electron chi connectivity index (χ4n) is 1.48. The molecular weight excluding hydrogens is 291 g/mol. The zero-order valence-electron chi connectivity index (χ0n) is 10.3. The summed E-state index contributed by atoms with van der Waals surface area (Å²) in [7, 11) is 0. The number of benzene rings is 1. The summed E-state index contributed by atoms with van der Waals surface area (Å²) in [5.74, 6) is -1.07. The summed E-state index contributed by atoms with van der Waals surface area (Å²) in [4.78, 5) is 23.8. The van der Waals surface area contributed by atoms with E-state index in [4.69, 9.17) is 28.3 Å². The van der Waals surface area contributed by atoms with Gasteiger partial charge in [0.25, 0.3) is 0 Å². The number of nitrogens with one attached hydrogen (secondary N) is 1. The van der Waals surface area contributed by atoms with E-state index in [2.05, 4.69) is 5.32 Å². The Kier molecular flexibility index (Phi) is 5.92. The van der Waals surface area contributed by atoms with Crippen molar-refractivity contribution in [1.29, 1.82) is 0 Å². The van der Waals surface area contributed by atoms with Crippen LogP contribution in [0.25, 0.3) is 0 Å². The fourth-order valence-corrected chi connectivity index (χ4v) is 1.83. The summed E-state index contributed by atoms with van der Waals surface area (Å²) in [6.45, 7) is 1.84. The molecule has 1 aromatic rings. The zero-order chi connectivity index (χ0) is 14.4. The van der Waals surface area contributed by atoms with Gasteiger partial charge in [0.05, 0.1) is 15.7 Å². The third-order valence-corrected chi connectivity index (χ3v) is 3.12. The Bertz CT molecular complexity index is 480. The molecule has 0 aliphatic rings. The summed E-state index contributed by atoms with van der Waals surface area (Å²) in [5, 5.41) is 11.8. The molecule has 19 heavy (non-hydrogen) atoms. The topological polar surface area (TPSA) is 69.6 Å². The molecule has 0 aliphatic carbocycles. The lowest BCUT2D eigenvalue weighted by molar-refractivity contribution is -0.137. The second-order valence-electron chi connectivity index (χ2n) is 3.85. The number of carboxylic acids is 1. The molecule has 0 spiro atoms. The Morgan fingerprint density at radius 3 is 2.63 bits per heavy atom. The molecule has 0 heterocycles. The van der Waals surface area contributed by atoms with Crippen LogP contribution in [0.3, 0.4) is 0 Å². The number of carboxylic acid groups (broad SMARTS) is 1. The lowest BCUT2D eigenvalue weighted by atomic mass is 10.3. The first kappa shape index (κ1) is 15.6. The Labute approximate surface area is 121 Å². The predicted molar refractivity (Wildman–Crippen MR) is 75.0 cm³/mol. The number of rotatable bonds is 5. The molecule has 1 aromatic carbocycles. The molecule has 0 unspecified atom stereocenters. The van der Waals surface area contributed by atoms with Crippen molar-refractivity contribution in [3.8, 4) is 0 Å². The first-order chi connectivity index (χ1) is 8.95. The van der Waals surface area contributed by atoms with E-state index < -0.39 is 12.0 Å². The van der Waals surface area contributed by atoms with Crippen LogP contribution in [0, 0.1) is 0 Å². The van der Waals surface area contributed by atoms with E-state index >= 15 is 0 Å². The quantitative estimate of drug-likeness (QED) is 0.876. The minimum Gasteiger partial charge on any atom is -0.480 e. The SMILES string of the molecule is CCCN(CC(=O)O)C(=O)Nc1cccc(Cl)c1Cl. The largest absolute Gasteiger partial charge is 0.480 e. The van der Waals surface area contributed by atoms with Gasteiger partial charge in [0, 0.05) is 6.54 Å². The molecule has 0 radical (unpaired) electrons. The van der Waals surface area contributed by atoms with Crippen molar-refractivity contribution in [2.24, 2.45) is 0 Å². The molecule has 0 aromatic heterocycles. The van der Waals surface area contributed by atoms with Gasteiger partial charge < -0.3 is 15.3 Å². The van der Waals surface area contributed by atoms with Crippen molar-refractivity contribution in [2.75, 3.05) is 18.4 Å². The van der Waals surface area contributed by atoms with Gasteiger partial charge in [-0.2, -0.15) is 0 Å². The lowest BCUT2D eigenvalue weighted by Crippen LogP contribution is -2.39. The predicted octanol–water partition coefficient (Wildman–Crippen LogP) is 3.32. The van der Waals surface area contributed by atoms with Crippen LogP contribution in [0.4, 0.5) is 10.5 Å². The van der Waals surface area contributed by atoms with Gasteiger partial charge in [-0.05, 0) is 18.6 Å². The average molecular weight is 305 g/mol. The van der Waals surface area contributed by atoms with E-state index in [1.54, 1.807) is 18.2 Å². The van der Waals surface area contributed by atoms with Gasteiger partial charge in [-0.3, -0.25) is 4.79 Å². The highest BCUT2D eigenvalue weighted by atomic mass is 35.5. The van der Waals surface area contributed by atoms with Crippen LogP contribution in [0.1, 0.15) is 13.3 Å². The molecule has 0 saturated carbocycles. The van der Waals surface area contributed by atoms with Gasteiger partial charge in [0.15, 0.2) is 0 Å². The van der Waals surface area contributed by atoms with Crippen molar-refractivity contribution in [1.82, 2.24) is 4.90 Å². The van der Waals surface area contributed by atoms with E-state index in [9.17, 15) is 9.59 Å². The van der Waals surface area contributed by atoms with E-state index in [0.29, 0.717) is 23.7 Å². The molecule has 2 N–H and O–H groups in total. The second kappa shape index (κ2) is 7.21. The lowest BCUT2D eigenvalue weighted by Gasteiger charge is -2.20. The number of aliphatic carboxylic acids is 1. The first-order valence-corrected chi connectivity index (χ1v) is 6.43. The van der Waals surface area contributed by atoms with Crippen LogP contribution in [0.15, 0.2) is 18.2 Å². The van der Waals surface area contributed by atoms with Gasteiger partial charge in [-0.1, -0.05) is 36.2 Å². The summed E-state index contributed by atoms with van der Waals surface area (Å²) >= 11 is 11.8. The minimum atomic E-state index is -1.07. The number of amides is 2. The molecule has 2 amide bonds. The molecule has 0 saturated heterocycles. The Morgan fingerprint density at radius 1 is 1.37 bits per heavy atom. The first-order valence-electron chi connectivity index (χ1n) is 5.67. The van der Waals surface area contributed by atoms with Gasteiger partial charge in [0.2, 0.25) is 0 Å². The number of anilines is 1. The van der Waals surface area contributed by atoms with Crippen LogP contribution in [-0.4, -0.2) is 35.1 Å². The molecule has 7 heteroatoms. The average Bonchev–Trinajstić information content (AvgIpc) is 2.34. The number of hydrogen-bond donors (Lipinski definition) is 2. The van der Waals surface area contributed by atoms with Crippen LogP contribution < -0.4 is 5.32 Å². The Morgan fingerprint density at radius 2 is 2.05 bits per heavy atom. The van der Waals surface area contributed by atoms with Crippen LogP contribution in [0.2, 0.25) is 10.0 Å².